The van der Waals surface area contributed by atoms with Crippen molar-refractivity contribution in [1.82, 2.24) is 20.2 Å². The second-order valence-corrected chi connectivity index (χ2v) is 7.76. The number of nitrogens with zero attached hydrogens (tertiary/aromatic N) is 3. The van der Waals surface area contributed by atoms with Crippen molar-refractivity contribution in [3.63, 3.8) is 0 Å². The number of nitrogens with one attached hydrogen (secondary N) is 2. The van der Waals surface area contributed by atoms with E-state index in [9.17, 15) is 14.0 Å². The van der Waals surface area contributed by atoms with Crippen LogP contribution in [-0.2, 0) is 0 Å². The maximum Gasteiger partial charge on any atom is 0.261 e. The molecule has 0 radical (unpaired) electrons. The summed E-state index contributed by atoms with van der Waals surface area (Å²) in [4.78, 5) is 36.1. The minimum Gasteiger partial charge on any atom is -0.367 e. The fraction of sp³-hybridized carbons (Fsp3) is 0.348. The number of aryl methyl sites for hydroxylation is 1. The average molecular weight is 423 g/mol. The maximum absolute atomic E-state index is 13.9. The van der Waals surface area contributed by atoms with Gasteiger partial charge >= 0.3 is 0 Å². The molecular formula is C23H26FN5O2. The summed E-state index contributed by atoms with van der Waals surface area (Å²) in [6, 6.07) is 10.2. The molecule has 0 aliphatic carbocycles. The Morgan fingerprint density at radius 1 is 1.19 bits per heavy atom. The first-order valence-electron chi connectivity index (χ1n) is 10.5. The van der Waals surface area contributed by atoms with Gasteiger partial charge in [-0.3, -0.25) is 19.5 Å². The summed E-state index contributed by atoms with van der Waals surface area (Å²) < 4.78 is 13.9. The van der Waals surface area contributed by atoms with Gasteiger partial charge in [0.05, 0.1) is 11.2 Å². The molecular weight excluding hydrogens is 397 g/mol. The molecule has 2 aromatic heterocycles. The smallest absolute Gasteiger partial charge is 0.261 e. The Hall–Kier alpha value is -3.26. The number of pyridine rings is 2. The molecule has 162 valence electrons. The number of amides is 1. The van der Waals surface area contributed by atoms with Gasteiger partial charge in [-0.05, 0) is 44.2 Å². The highest BCUT2D eigenvalue weighted by molar-refractivity contribution is 5.97. The second kappa shape index (κ2) is 9.26. The quantitative estimate of drug-likeness (QED) is 0.595. The van der Waals surface area contributed by atoms with Gasteiger partial charge in [0.15, 0.2) is 0 Å². The summed E-state index contributed by atoms with van der Waals surface area (Å²) in [5, 5.41) is 3.60. The number of aromatic amines is 1. The lowest BCUT2D eigenvalue weighted by molar-refractivity contribution is 0.0950. The Labute approximate surface area is 179 Å². The topological polar surface area (TPSA) is 81.3 Å². The van der Waals surface area contributed by atoms with Gasteiger partial charge < -0.3 is 15.2 Å². The number of H-pyrrole nitrogens is 1. The van der Waals surface area contributed by atoms with Crippen LogP contribution in [0.3, 0.4) is 0 Å². The number of para-hydroxylation sites is 1. The Kier molecular flexibility index (Phi) is 6.27. The number of hydrogen-bond acceptors (Lipinski definition) is 5. The molecule has 31 heavy (non-hydrogen) atoms. The molecule has 0 atom stereocenters. The largest absolute Gasteiger partial charge is 0.367 e. The lowest BCUT2D eigenvalue weighted by atomic mass is 10.1. The van der Waals surface area contributed by atoms with Crippen molar-refractivity contribution in [1.29, 1.82) is 0 Å². The lowest BCUT2D eigenvalue weighted by Crippen LogP contribution is -2.47. The summed E-state index contributed by atoms with van der Waals surface area (Å²) in [5.74, 6) is -0.566. The van der Waals surface area contributed by atoms with Crippen molar-refractivity contribution in [2.24, 2.45) is 0 Å². The molecule has 0 spiro atoms. The van der Waals surface area contributed by atoms with Crippen LogP contribution in [0.1, 0.15) is 22.5 Å². The van der Waals surface area contributed by atoms with Gasteiger partial charge in [0, 0.05) is 50.0 Å². The third kappa shape index (κ3) is 4.74. The summed E-state index contributed by atoms with van der Waals surface area (Å²) in [5.41, 5.74) is 1.78. The lowest BCUT2D eigenvalue weighted by Gasteiger charge is -2.36. The van der Waals surface area contributed by atoms with Gasteiger partial charge in [0.25, 0.3) is 11.5 Å². The second-order valence-electron chi connectivity index (χ2n) is 7.76. The molecule has 0 bridgehead atoms. The molecule has 0 saturated carbocycles. The van der Waals surface area contributed by atoms with E-state index in [4.69, 9.17) is 0 Å². The fourth-order valence-electron chi connectivity index (χ4n) is 3.96. The van der Waals surface area contributed by atoms with E-state index < -0.39 is 5.56 Å². The zero-order valence-corrected chi connectivity index (χ0v) is 17.5. The van der Waals surface area contributed by atoms with E-state index in [0.717, 1.165) is 50.2 Å². The van der Waals surface area contributed by atoms with Crippen LogP contribution in [0.15, 0.2) is 47.4 Å². The highest BCUT2D eigenvalue weighted by atomic mass is 19.1. The van der Waals surface area contributed by atoms with Crippen LogP contribution < -0.4 is 15.8 Å². The first-order valence-corrected chi connectivity index (χ1v) is 10.5. The predicted molar refractivity (Wildman–Crippen MR) is 119 cm³/mol. The number of aromatic nitrogens is 2. The number of anilines is 1. The molecule has 4 rings (SSSR count). The Balaban J connectivity index is 1.25. The molecule has 1 saturated heterocycles. The molecule has 7 nitrogen and oxygen atoms in total. The minimum absolute atomic E-state index is 0.0992. The van der Waals surface area contributed by atoms with Crippen LogP contribution in [0, 0.1) is 12.7 Å². The predicted octanol–water partition coefficient (Wildman–Crippen LogP) is 2.31. The standard InChI is InChI=1S/C23H26FN5O2/c1-16-17-15-18(23(31)27-20(17)7-9-25-16)22(30)26-8-4-10-28-11-13-29(14-12-28)21-6-3-2-5-19(21)24/h2-3,5-7,9,15H,4,8,10-14H2,1H3,(H,26,30)(H,27,31). The summed E-state index contributed by atoms with van der Waals surface area (Å²) in [6.07, 6.45) is 2.40. The van der Waals surface area contributed by atoms with Crippen molar-refractivity contribution in [3.05, 3.63) is 70.0 Å². The van der Waals surface area contributed by atoms with Gasteiger partial charge in [-0.15, -0.1) is 0 Å². The van der Waals surface area contributed by atoms with Crippen LogP contribution in [0.2, 0.25) is 0 Å². The number of rotatable bonds is 6. The Morgan fingerprint density at radius 3 is 2.74 bits per heavy atom. The van der Waals surface area contributed by atoms with E-state index in [2.05, 4.69) is 25.1 Å². The fourth-order valence-corrected chi connectivity index (χ4v) is 3.96. The first-order chi connectivity index (χ1) is 15.0. The maximum atomic E-state index is 13.9. The van der Waals surface area contributed by atoms with E-state index in [-0.39, 0.29) is 17.3 Å². The van der Waals surface area contributed by atoms with E-state index in [1.807, 2.05) is 19.1 Å². The number of piperazine rings is 1. The van der Waals surface area contributed by atoms with Crippen LogP contribution in [0.25, 0.3) is 10.9 Å². The molecule has 1 aromatic carbocycles. The van der Waals surface area contributed by atoms with Crippen molar-refractivity contribution in [3.8, 4) is 0 Å². The monoisotopic (exact) mass is 423 g/mol. The average Bonchev–Trinajstić information content (AvgIpc) is 2.77. The number of halogens is 1. The zero-order chi connectivity index (χ0) is 21.8. The summed E-state index contributed by atoms with van der Waals surface area (Å²) in [6.45, 7) is 6.39. The van der Waals surface area contributed by atoms with Crippen LogP contribution >= 0.6 is 0 Å². The zero-order valence-electron chi connectivity index (χ0n) is 17.5. The van der Waals surface area contributed by atoms with Crippen molar-refractivity contribution < 1.29 is 9.18 Å². The third-order valence-corrected chi connectivity index (χ3v) is 5.72. The van der Waals surface area contributed by atoms with Crippen LogP contribution in [0.4, 0.5) is 10.1 Å². The SMILES string of the molecule is Cc1nccc2[nH]c(=O)c(C(=O)NCCCN3CCN(c4ccccc4F)CC3)cc12. The first kappa shape index (κ1) is 21.0. The summed E-state index contributed by atoms with van der Waals surface area (Å²) in [7, 11) is 0. The highest BCUT2D eigenvalue weighted by Gasteiger charge is 2.19. The highest BCUT2D eigenvalue weighted by Crippen LogP contribution is 2.20. The van der Waals surface area contributed by atoms with Gasteiger partial charge in [-0.2, -0.15) is 0 Å². The van der Waals surface area contributed by atoms with E-state index in [0.29, 0.717) is 17.7 Å². The van der Waals surface area contributed by atoms with Crippen LogP contribution in [0.5, 0.6) is 0 Å². The molecule has 1 amide bonds. The Morgan fingerprint density at radius 2 is 1.97 bits per heavy atom. The number of carbonyl (C=O) groups is 1. The number of hydrogen-bond donors (Lipinski definition) is 2. The normalized spacial score (nSPS) is 14.7. The van der Waals surface area contributed by atoms with E-state index in [1.165, 1.54) is 6.07 Å². The van der Waals surface area contributed by atoms with E-state index in [1.54, 1.807) is 24.4 Å². The molecule has 2 N–H and O–H groups in total. The van der Waals surface area contributed by atoms with Crippen molar-refractivity contribution in [2.45, 2.75) is 13.3 Å². The number of carbonyl (C=O) groups excluding carboxylic acids is 1. The molecule has 3 heterocycles. The van der Waals surface area contributed by atoms with Gasteiger partial charge in [0.2, 0.25) is 0 Å². The number of benzene rings is 1. The molecule has 0 unspecified atom stereocenters. The molecule has 8 heteroatoms. The Bertz CT molecular complexity index is 1140. The van der Waals surface area contributed by atoms with Crippen LogP contribution in [-0.4, -0.2) is 60.0 Å². The minimum atomic E-state index is -0.403. The van der Waals surface area contributed by atoms with Gasteiger partial charge in [0.1, 0.15) is 11.4 Å². The van der Waals surface area contributed by atoms with Crippen molar-refractivity contribution >= 4 is 22.5 Å². The molecule has 1 aliphatic rings. The molecule has 1 aliphatic heterocycles. The van der Waals surface area contributed by atoms with Gasteiger partial charge in [-0.25, -0.2) is 4.39 Å². The molecule has 3 aromatic rings. The van der Waals surface area contributed by atoms with Crippen molar-refractivity contribution in [2.75, 3.05) is 44.2 Å². The summed E-state index contributed by atoms with van der Waals surface area (Å²) >= 11 is 0. The van der Waals surface area contributed by atoms with E-state index >= 15 is 0 Å². The van der Waals surface area contributed by atoms with Gasteiger partial charge in [-0.1, -0.05) is 12.1 Å². The number of fused-ring (bicyclic) bond motifs is 1. The molecule has 1 fully saturated rings. The third-order valence-electron chi connectivity index (χ3n) is 5.72.